The second-order valence-electron chi connectivity index (χ2n) is 7.43. The summed E-state index contributed by atoms with van der Waals surface area (Å²) >= 11 is 6.06. The number of benzene rings is 3. The molecule has 1 atom stereocenters. The van der Waals surface area contributed by atoms with E-state index in [9.17, 15) is 4.79 Å². The minimum absolute atomic E-state index is 0.195. The van der Waals surface area contributed by atoms with E-state index in [4.69, 9.17) is 16.3 Å². The molecular formula is C25H20ClN5O2. The zero-order valence-corrected chi connectivity index (χ0v) is 18.5. The Balaban J connectivity index is 1.50. The van der Waals surface area contributed by atoms with Crippen LogP contribution in [0.1, 0.15) is 27.5 Å². The zero-order valence-electron chi connectivity index (χ0n) is 17.7. The first-order valence-electron chi connectivity index (χ1n) is 10.3. The highest BCUT2D eigenvalue weighted by Gasteiger charge is 2.26. The van der Waals surface area contributed by atoms with Crippen molar-refractivity contribution in [2.45, 2.75) is 6.04 Å². The summed E-state index contributed by atoms with van der Waals surface area (Å²) in [7, 11) is 1.53. The molecule has 2 heterocycles. The summed E-state index contributed by atoms with van der Waals surface area (Å²) in [4.78, 5) is 17.4. The molecule has 5 rings (SSSR count). The van der Waals surface area contributed by atoms with E-state index in [0.717, 1.165) is 16.8 Å². The third-order valence-corrected chi connectivity index (χ3v) is 5.59. The van der Waals surface area contributed by atoms with Crippen LogP contribution in [-0.2, 0) is 0 Å². The lowest BCUT2D eigenvalue weighted by Gasteiger charge is -2.24. The maximum Gasteiger partial charge on any atom is 0.261 e. The molecule has 0 radical (unpaired) electrons. The number of amides is 1. The molecule has 33 heavy (non-hydrogen) atoms. The predicted molar refractivity (Wildman–Crippen MR) is 129 cm³/mol. The topological polar surface area (TPSA) is 81.1 Å². The van der Waals surface area contributed by atoms with Crippen LogP contribution in [0.3, 0.4) is 0 Å². The van der Waals surface area contributed by atoms with Crippen LogP contribution in [0.2, 0.25) is 5.02 Å². The van der Waals surface area contributed by atoms with Gasteiger partial charge in [0.25, 0.3) is 11.9 Å². The number of allylic oxidation sites excluding steroid dienone is 1. The molecule has 164 valence electrons. The van der Waals surface area contributed by atoms with Crippen molar-refractivity contribution in [1.82, 2.24) is 14.8 Å². The molecule has 1 aliphatic heterocycles. The lowest BCUT2D eigenvalue weighted by Crippen LogP contribution is -2.20. The summed E-state index contributed by atoms with van der Waals surface area (Å²) in [5.41, 5.74) is 3.29. The number of ether oxygens (including phenoxy) is 1. The highest BCUT2D eigenvalue weighted by Crippen LogP contribution is 2.33. The Kier molecular flexibility index (Phi) is 5.54. The minimum atomic E-state index is -0.349. The highest BCUT2D eigenvalue weighted by atomic mass is 35.5. The maximum absolute atomic E-state index is 12.8. The number of halogens is 1. The van der Waals surface area contributed by atoms with Crippen LogP contribution in [0.15, 0.2) is 84.9 Å². The molecule has 1 aliphatic rings. The molecule has 4 aromatic rings. The van der Waals surface area contributed by atoms with E-state index < -0.39 is 0 Å². The molecule has 0 spiro atoms. The van der Waals surface area contributed by atoms with Gasteiger partial charge in [0.15, 0.2) is 0 Å². The molecule has 1 amide bonds. The monoisotopic (exact) mass is 457 g/mol. The molecule has 0 unspecified atom stereocenters. The summed E-state index contributed by atoms with van der Waals surface area (Å²) in [6, 6.07) is 24.4. The van der Waals surface area contributed by atoms with Gasteiger partial charge >= 0.3 is 0 Å². The normalized spacial score (nSPS) is 14.6. The average Bonchev–Trinajstić information content (AvgIpc) is 3.26. The van der Waals surface area contributed by atoms with E-state index in [1.54, 1.807) is 22.9 Å². The van der Waals surface area contributed by atoms with Crippen molar-refractivity contribution >= 4 is 35.1 Å². The molecule has 7 nitrogen and oxygen atoms in total. The number of para-hydroxylation sites is 1. The summed E-state index contributed by atoms with van der Waals surface area (Å²) in [6.45, 7) is 0. The van der Waals surface area contributed by atoms with E-state index in [2.05, 4.69) is 26.8 Å². The van der Waals surface area contributed by atoms with Gasteiger partial charge in [0.1, 0.15) is 11.8 Å². The second-order valence-corrected chi connectivity index (χ2v) is 7.86. The molecule has 0 fully saturated rings. The highest BCUT2D eigenvalue weighted by molar-refractivity contribution is 6.30. The lowest BCUT2D eigenvalue weighted by molar-refractivity contribution is 0.102. The van der Waals surface area contributed by atoms with Gasteiger partial charge in [0, 0.05) is 10.7 Å². The smallest absolute Gasteiger partial charge is 0.261 e. The zero-order chi connectivity index (χ0) is 22.8. The number of methoxy groups -OCH3 is 1. The SMILES string of the molecule is COc1ccccc1C(=O)Nc1nc2n(n1)[C@H](c1ccccc1)C=C(c1ccc(Cl)cc1)N2. The fourth-order valence-corrected chi connectivity index (χ4v) is 3.86. The van der Waals surface area contributed by atoms with Crippen LogP contribution >= 0.6 is 11.6 Å². The van der Waals surface area contributed by atoms with Crippen molar-refractivity contribution < 1.29 is 9.53 Å². The third kappa shape index (κ3) is 4.18. The molecule has 0 saturated carbocycles. The fourth-order valence-electron chi connectivity index (χ4n) is 3.73. The van der Waals surface area contributed by atoms with Crippen LogP contribution in [-0.4, -0.2) is 27.8 Å². The Morgan fingerprint density at radius 1 is 1.03 bits per heavy atom. The Morgan fingerprint density at radius 2 is 1.76 bits per heavy atom. The number of hydrogen-bond donors (Lipinski definition) is 2. The number of carbonyl (C=O) groups is 1. The Hall–Kier alpha value is -4.10. The number of fused-ring (bicyclic) bond motifs is 1. The number of aromatic nitrogens is 3. The van der Waals surface area contributed by atoms with Crippen molar-refractivity contribution in [3.63, 3.8) is 0 Å². The van der Waals surface area contributed by atoms with E-state index in [1.807, 2.05) is 60.7 Å². The molecule has 0 saturated heterocycles. The quantitative estimate of drug-likeness (QED) is 0.428. The van der Waals surface area contributed by atoms with Gasteiger partial charge < -0.3 is 10.1 Å². The maximum atomic E-state index is 12.8. The standard InChI is InChI=1S/C25H20ClN5O2/c1-33-22-10-6-5-9-19(22)23(32)28-24-29-25-27-20(16-11-13-18(26)14-12-16)15-21(31(25)30-24)17-7-3-2-4-8-17/h2-15,21H,1H3,(H2,27,28,29,30,32)/t21-/m0/s1. The second kappa shape index (κ2) is 8.80. The summed E-state index contributed by atoms with van der Waals surface area (Å²) in [5.74, 6) is 0.843. The minimum Gasteiger partial charge on any atom is -0.496 e. The molecule has 8 heteroatoms. The van der Waals surface area contributed by atoms with E-state index in [1.165, 1.54) is 7.11 Å². The number of anilines is 2. The number of nitrogens with zero attached hydrogens (tertiary/aromatic N) is 3. The first-order chi connectivity index (χ1) is 16.1. The third-order valence-electron chi connectivity index (χ3n) is 5.34. The van der Waals surface area contributed by atoms with Crippen LogP contribution in [0, 0.1) is 0 Å². The van der Waals surface area contributed by atoms with Gasteiger partial charge in [-0.1, -0.05) is 66.2 Å². The van der Waals surface area contributed by atoms with Gasteiger partial charge in [-0.25, -0.2) is 4.68 Å². The molecule has 1 aromatic heterocycles. The summed E-state index contributed by atoms with van der Waals surface area (Å²) in [6.07, 6.45) is 2.08. The van der Waals surface area contributed by atoms with Crippen LogP contribution in [0.25, 0.3) is 5.70 Å². The van der Waals surface area contributed by atoms with Gasteiger partial charge in [-0.15, -0.1) is 5.10 Å². The van der Waals surface area contributed by atoms with Crippen molar-refractivity contribution in [2.24, 2.45) is 0 Å². The van der Waals surface area contributed by atoms with Crippen molar-refractivity contribution in [2.75, 3.05) is 17.7 Å². The Bertz CT molecular complexity index is 1330. The van der Waals surface area contributed by atoms with Gasteiger partial charge in [-0.2, -0.15) is 4.98 Å². The summed E-state index contributed by atoms with van der Waals surface area (Å²) in [5, 5.41) is 11.3. The van der Waals surface area contributed by atoms with E-state index in [0.29, 0.717) is 22.3 Å². The Morgan fingerprint density at radius 3 is 2.52 bits per heavy atom. The van der Waals surface area contributed by atoms with Crippen LogP contribution in [0.5, 0.6) is 5.75 Å². The van der Waals surface area contributed by atoms with E-state index in [-0.39, 0.29) is 17.9 Å². The van der Waals surface area contributed by atoms with E-state index >= 15 is 0 Å². The molecule has 2 N–H and O–H groups in total. The largest absolute Gasteiger partial charge is 0.496 e. The van der Waals surface area contributed by atoms with Crippen molar-refractivity contribution in [3.05, 3.63) is 107 Å². The molecular weight excluding hydrogens is 438 g/mol. The number of carbonyl (C=O) groups excluding carboxylic acids is 1. The van der Waals surface area contributed by atoms with Crippen LogP contribution in [0.4, 0.5) is 11.9 Å². The fraction of sp³-hybridized carbons (Fsp3) is 0.0800. The summed E-state index contributed by atoms with van der Waals surface area (Å²) < 4.78 is 7.05. The Labute approximate surface area is 195 Å². The average molecular weight is 458 g/mol. The number of rotatable bonds is 5. The van der Waals surface area contributed by atoms with Gasteiger partial charge in [0.2, 0.25) is 5.95 Å². The first-order valence-corrected chi connectivity index (χ1v) is 10.7. The van der Waals surface area contributed by atoms with Gasteiger partial charge in [-0.3, -0.25) is 10.1 Å². The first kappa shape index (κ1) is 20.8. The van der Waals surface area contributed by atoms with Crippen LogP contribution < -0.4 is 15.4 Å². The lowest BCUT2D eigenvalue weighted by atomic mass is 10.0. The van der Waals surface area contributed by atoms with Gasteiger partial charge in [-0.05, 0) is 41.5 Å². The van der Waals surface area contributed by atoms with Crippen molar-refractivity contribution in [3.8, 4) is 5.75 Å². The number of hydrogen-bond acceptors (Lipinski definition) is 5. The van der Waals surface area contributed by atoms with Crippen molar-refractivity contribution in [1.29, 1.82) is 0 Å². The molecule has 0 aliphatic carbocycles. The molecule has 0 bridgehead atoms. The van der Waals surface area contributed by atoms with Gasteiger partial charge in [0.05, 0.1) is 12.7 Å². The number of nitrogens with one attached hydrogen (secondary N) is 2. The predicted octanol–water partition coefficient (Wildman–Crippen LogP) is 5.25. The molecule has 3 aromatic carbocycles.